The van der Waals surface area contributed by atoms with Gasteiger partial charge in [-0.15, -0.1) is 0 Å². The van der Waals surface area contributed by atoms with E-state index in [1.54, 1.807) is 12.1 Å². The molecule has 7 nitrogen and oxygen atoms in total. The summed E-state index contributed by atoms with van der Waals surface area (Å²) < 4.78 is 5.25. The monoisotopic (exact) mass is 316 g/mol. The summed E-state index contributed by atoms with van der Waals surface area (Å²) in [5, 5.41) is 10.6. The minimum Gasteiger partial charge on any atom is -0.461 e. The average Bonchev–Trinajstić information content (AvgIpc) is 2.78. The number of benzene rings is 1. The first-order valence-electron chi connectivity index (χ1n) is 7.39. The molecule has 1 atom stereocenters. The lowest BCUT2D eigenvalue weighted by Gasteiger charge is -2.35. The van der Waals surface area contributed by atoms with Crippen LogP contribution in [0, 0.1) is 10.1 Å². The average molecular weight is 316 g/mol. The number of ether oxygens (including phenoxy) is 1. The highest BCUT2D eigenvalue weighted by Gasteiger charge is 2.46. The standard InChI is InChI=1S/C16H16N2O5/c1-10-8-13-9-14(19)17(13)15(10)16(20)23-7-6-11-2-4-12(5-3-11)18(21)22/h2-5,13H,6-9H2,1H3. The molecule has 0 aromatic heterocycles. The number of nitro benzene ring substituents is 1. The summed E-state index contributed by atoms with van der Waals surface area (Å²) in [7, 11) is 0. The molecule has 0 saturated carbocycles. The van der Waals surface area contributed by atoms with Crippen LogP contribution in [0.5, 0.6) is 0 Å². The van der Waals surface area contributed by atoms with Gasteiger partial charge >= 0.3 is 5.97 Å². The SMILES string of the molecule is CC1=C(C(=O)OCCc2ccc([N+](=O)[O-])cc2)N2C(=O)CC2C1. The van der Waals surface area contributed by atoms with Crippen molar-refractivity contribution in [1.82, 2.24) is 4.90 Å². The lowest BCUT2D eigenvalue weighted by atomic mass is 10.0. The van der Waals surface area contributed by atoms with Crippen molar-refractivity contribution in [3.8, 4) is 0 Å². The maximum absolute atomic E-state index is 12.2. The lowest BCUT2D eigenvalue weighted by molar-refractivity contribution is -0.384. The molecule has 1 saturated heterocycles. The number of β-lactam (4-membered cyclic amide) rings is 1. The quantitative estimate of drug-likeness (QED) is 0.358. The molecule has 0 radical (unpaired) electrons. The van der Waals surface area contributed by atoms with E-state index in [0.717, 1.165) is 17.6 Å². The largest absolute Gasteiger partial charge is 0.461 e. The van der Waals surface area contributed by atoms with E-state index in [4.69, 9.17) is 4.74 Å². The summed E-state index contributed by atoms with van der Waals surface area (Å²) in [6.45, 7) is 2.01. The second-order valence-electron chi connectivity index (χ2n) is 5.76. The van der Waals surface area contributed by atoms with Crippen molar-refractivity contribution in [3.63, 3.8) is 0 Å². The van der Waals surface area contributed by atoms with Crippen LogP contribution in [0.15, 0.2) is 35.5 Å². The van der Waals surface area contributed by atoms with Gasteiger partial charge < -0.3 is 9.64 Å². The van der Waals surface area contributed by atoms with Gasteiger partial charge in [-0.25, -0.2) is 4.79 Å². The summed E-state index contributed by atoms with van der Waals surface area (Å²) in [5.74, 6) is -0.505. The summed E-state index contributed by atoms with van der Waals surface area (Å²) in [4.78, 5) is 35.4. The van der Waals surface area contributed by atoms with E-state index in [1.807, 2.05) is 6.92 Å². The van der Waals surface area contributed by atoms with Crippen molar-refractivity contribution in [3.05, 3.63) is 51.2 Å². The third kappa shape index (κ3) is 2.81. The van der Waals surface area contributed by atoms with E-state index in [1.165, 1.54) is 17.0 Å². The molecule has 7 heteroatoms. The van der Waals surface area contributed by atoms with Crippen LogP contribution in [0.2, 0.25) is 0 Å². The zero-order valence-corrected chi connectivity index (χ0v) is 12.7. The summed E-state index contributed by atoms with van der Waals surface area (Å²) in [5.41, 5.74) is 2.15. The van der Waals surface area contributed by atoms with Crippen LogP contribution < -0.4 is 0 Å². The fourth-order valence-corrected chi connectivity index (χ4v) is 3.00. The molecular formula is C16H16N2O5. The van der Waals surface area contributed by atoms with Crippen LogP contribution >= 0.6 is 0 Å². The second-order valence-corrected chi connectivity index (χ2v) is 5.76. The zero-order valence-electron chi connectivity index (χ0n) is 12.7. The molecule has 2 aliphatic rings. The second kappa shape index (κ2) is 5.83. The van der Waals surface area contributed by atoms with Crippen molar-refractivity contribution >= 4 is 17.6 Å². The van der Waals surface area contributed by atoms with Gasteiger partial charge in [0, 0.05) is 31.0 Å². The number of hydrogen-bond acceptors (Lipinski definition) is 5. The number of nitro groups is 1. The van der Waals surface area contributed by atoms with Crippen molar-refractivity contribution in [2.45, 2.75) is 32.2 Å². The molecule has 3 rings (SSSR count). The first-order valence-corrected chi connectivity index (χ1v) is 7.39. The Morgan fingerprint density at radius 2 is 2.04 bits per heavy atom. The highest BCUT2D eigenvalue weighted by atomic mass is 16.6. The van der Waals surface area contributed by atoms with Gasteiger partial charge in [-0.1, -0.05) is 12.1 Å². The first kappa shape index (κ1) is 15.2. The Balaban J connectivity index is 1.54. The Morgan fingerprint density at radius 1 is 1.35 bits per heavy atom. The highest BCUT2D eigenvalue weighted by Crippen LogP contribution is 2.38. The number of carbonyl (C=O) groups excluding carboxylic acids is 2. The van der Waals surface area contributed by atoms with Gasteiger partial charge in [0.1, 0.15) is 5.70 Å². The molecular weight excluding hydrogens is 300 g/mol. The Kier molecular flexibility index (Phi) is 3.85. The number of hydrogen-bond donors (Lipinski definition) is 0. The lowest BCUT2D eigenvalue weighted by Crippen LogP contribution is -2.49. The molecule has 2 heterocycles. The molecule has 23 heavy (non-hydrogen) atoms. The fraction of sp³-hybridized carbons (Fsp3) is 0.375. The zero-order chi connectivity index (χ0) is 16.6. The maximum Gasteiger partial charge on any atom is 0.355 e. The van der Waals surface area contributed by atoms with Gasteiger partial charge in [0.05, 0.1) is 11.5 Å². The number of fused-ring (bicyclic) bond motifs is 1. The van der Waals surface area contributed by atoms with Gasteiger partial charge in [0.25, 0.3) is 5.69 Å². The molecule has 0 spiro atoms. The summed E-state index contributed by atoms with van der Waals surface area (Å²) >= 11 is 0. The molecule has 2 aliphatic heterocycles. The Bertz CT molecular complexity index is 708. The number of amides is 1. The van der Waals surface area contributed by atoms with Gasteiger partial charge in [0.15, 0.2) is 0 Å². The third-order valence-corrected chi connectivity index (χ3v) is 4.20. The van der Waals surface area contributed by atoms with Crippen molar-refractivity contribution < 1.29 is 19.2 Å². The first-order chi connectivity index (χ1) is 11.0. The van der Waals surface area contributed by atoms with Gasteiger partial charge in [-0.2, -0.15) is 0 Å². The summed E-state index contributed by atoms with van der Waals surface area (Å²) in [6, 6.07) is 6.25. The van der Waals surface area contributed by atoms with Crippen molar-refractivity contribution in [1.29, 1.82) is 0 Å². The van der Waals surface area contributed by atoms with Gasteiger partial charge in [-0.05, 0) is 24.5 Å². The highest BCUT2D eigenvalue weighted by molar-refractivity contribution is 5.99. The number of rotatable bonds is 5. The normalized spacial score (nSPS) is 19.4. The Morgan fingerprint density at radius 3 is 2.65 bits per heavy atom. The topological polar surface area (TPSA) is 89.8 Å². The van der Waals surface area contributed by atoms with E-state index in [0.29, 0.717) is 18.5 Å². The number of esters is 1. The molecule has 0 N–H and O–H groups in total. The molecule has 1 unspecified atom stereocenters. The maximum atomic E-state index is 12.2. The fourth-order valence-electron chi connectivity index (χ4n) is 3.00. The van der Waals surface area contributed by atoms with Crippen LogP contribution in [0.25, 0.3) is 0 Å². The van der Waals surface area contributed by atoms with Crippen LogP contribution in [0.1, 0.15) is 25.3 Å². The third-order valence-electron chi connectivity index (χ3n) is 4.20. The van der Waals surface area contributed by atoms with Crippen molar-refractivity contribution in [2.24, 2.45) is 0 Å². The number of carbonyl (C=O) groups is 2. The van der Waals surface area contributed by atoms with E-state index in [9.17, 15) is 19.7 Å². The van der Waals surface area contributed by atoms with E-state index >= 15 is 0 Å². The summed E-state index contributed by atoms with van der Waals surface area (Å²) in [6.07, 6.45) is 1.70. The Hall–Kier alpha value is -2.70. The molecule has 0 aliphatic carbocycles. The van der Waals surface area contributed by atoms with E-state index in [-0.39, 0.29) is 24.2 Å². The van der Waals surface area contributed by atoms with Crippen molar-refractivity contribution in [2.75, 3.05) is 6.61 Å². The predicted molar refractivity (Wildman–Crippen MR) is 80.3 cm³/mol. The predicted octanol–water partition coefficient (Wildman–Crippen LogP) is 1.96. The number of nitrogens with zero attached hydrogens (tertiary/aromatic N) is 2. The molecule has 120 valence electrons. The van der Waals surface area contributed by atoms with Gasteiger partial charge in [-0.3, -0.25) is 14.9 Å². The van der Waals surface area contributed by atoms with E-state index < -0.39 is 10.9 Å². The minimum atomic E-state index is -0.472. The molecule has 0 bridgehead atoms. The minimum absolute atomic E-state index is 0.0276. The smallest absolute Gasteiger partial charge is 0.355 e. The van der Waals surface area contributed by atoms with Crippen LogP contribution in [-0.2, 0) is 20.7 Å². The molecule has 1 fully saturated rings. The van der Waals surface area contributed by atoms with Crippen LogP contribution in [-0.4, -0.2) is 34.3 Å². The van der Waals surface area contributed by atoms with Crippen LogP contribution in [0.3, 0.4) is 0 Å². The molecule has 1 aromatic rings. The molecule has 1 aromatic carbocycles. The van der Waals surface area contributed by atoms with Crippen LogP contribution in [0.4, 0.5) is 5.69 Å². The van der Waals surface area contributed by atoms with Gasteiger partial charge in [0.2, 0.25) is 5.91 Å². The van der Waals surface area contributed by atoms with E-state index in [2.05, 4.69) is 0 Å². The number of non-ortho nitro benzene ring substituents is 1. The molecule has 1 amide bonds. The Labute approximate surface area is 132 Å².